The molecule has 1 amide bonds. The van der Waals surface area contributed by atoms with Crippen molar-refractivity contribution in [2.75, 3.05) is 19.4 Å². The van der Waals surface area contributed by atoms with Crippen LogP contribution in [0.15, 0.2) is 35.2 Å². The fraction of sp³-hybridized carbons (Fsp3) is 0.231. The van der Waals surface area contributed by atoms with Crippen LogP contribution in [0.25, 0.3) is 6.08 Å². The number of sulfone groups is 1. The molecular weight excluding hydrogens is 298 g/mol. The summed E-state index contributed by atoms with van der Waals surface area (Å²) in [5.74, 6) is -1.23. The molecule has 0 radical (unpaired) electrons. The summed E-state index contributed by atoms with van der Waals surface area (Å²) in [5.41, 5.74) is 0.646. The van der Waals surface area contributed by atoms with Gasteiger partial charge in [0.15, 0.2) is 9.84 Å². The Morgan fingerprint density at radius 1 is 1.29 bits per heavy atom. The lowest BCUT2D eigenvalue weighted by atomic mass is 10.2. The smallest absolute Gasteiger partial charge is 0.407 e. The summed E-state index contributed by atoms with van der Waals surface area (Å²) in [6.07, 6.45) is 1.39. The van der Waals surface area contributed by atoms with Gasteiger partial charge in [-0.25, -0.2) is 13.2 Å². The van der Waals surface area contributed by atoms with Crippen molar-refractivity contribution in [3.63, 3.8) is 0 Å². The number of ether oxygens (including phenoxy) is 1. The largest absolute Gasteiger partial charge is 0.480 e. The molecule has 0 unspecified atom stereocenters. The van der Waals surface area contributed by atoms with Crippen LogP contribution in [0.4, 0.5) is 4.79 Å². The average Bonchev–Trinajstić information content (AvgIpc) is 2.41. The normalized spacial score (nSPS) is 11.8. The van der Waals surface area contributed by atoms with Gasteiger partial charge in [-0.05, 0) is 11.6 Å². The number of carboxylic acid groups (broad SMARTS) is 1. The van der Waals surface area contributed by atoms with Crippen LogP contribution in [0.3, 0.4) is 0 Å². The predicted molar refractivity (Wildman–Crippen MR) is 76.2 cm³/mol. The molecule has 0 saturated carbocycles. The zero-order valence-electron chi connectivity index (χ0n) is 11.3. The second kappa shape index (κ2) is 7.44. The number of amides is 1. The third kappa shape index (κ3) is 6.57. The van der Waals surface area contributed by atoms with Crippen LogP contribution >= 0.6 is 0 Å². The highest BCUT2D eigenvalue weighted by Crippen LogP contribution is 2.12. The lowest BCUT2D eigenvalue weighted by Crippen LogP contribution is -2.30. The van der Waals surface area contributed by atoms with Crippen molar-refractivity contribution < 1.29 is 27.9 Å². The second-order valence-corrected chi connectivity index (χ2v) is 6.19. The average molecular weight is 313 g/mol. The first-order valence-corrected chi connectivity index (χ1v) is 7.76. The summed E-state index contributed by atoms with van der Waals surface area (Å²) >= 11 is 0. The summed E-state index contributed by atoms with van der Waals surface area (Å²) in [6, 6.07) is 8.68. The van der Waals surface area contributed by atoms with Crippen molar-refractivity contribution >= 4 is 28.0 Å². The van der Waals surface area contributed by atoms with E-state index in [0.717, 1.165) is 6.26 Å². The van der Waals surface area contributed by atoms with Crippen LogP contribution < -0.4 is 5.32 Å². The van der Waals surface area contributed by atoms with Crippen LogP contribution in [0.2, 0.25) is 0 Å². The van der Waals surface area contributed by atoms with Crippen molar-refractivity contribution in [2.24, 2.45) is 0 Å². The van der Waals surface area contributed by atoms with Crippen LogP contribution in [-0.2, 0) is 19.4 Å². The van der Waals surface area contributed by atoms with Crippen molar-refractivity contribution in [2.45, 2.75) is 0 Å². The molecule has 0 spiro atoms. The van der Waals surface area contributed by atoms with E-state index in [1.165, 1.54) is 6.08 Å². The minimum absolute atomic E-state index is 0.0841. The molecule has 0 aromatic heterocycles. The van der Waals surface area contributed by atoms with Gasteiger partial charge in [0.1, 0.15) is 13.2 Å². The molecule has 0 fully saturated rings. The Bertz CT molecular complexity index is 636. The highest BCUT2D eigenvalue weighted by atomic mass is 32.2. The minimum Gasteiger partial charge on any atom is -0.480 e. The van der Waals surface area contributed by atoms with Crippen LogP contribution in [0, 0.1) is 0 Å². The van der Waals surface area contributed by atoms with Gasteiger partial charge >= 0.3 is 12.1 Å². The first-order valence-electron chi connectivity index (χ1n) is 5.87. The van der Waals surface area contributed by atoms with Gasteiger partial charge in [-0.2, -0.15) is 0 Å². The van der Waals surface area contributed by atoms with Gasteiger partial charge in [0, 0.05) is 6.26 Å². The van der Waals surface area contributed by atoms with E-state index < -0.39 is 35.1 Å². The van der Waals surface area contributed by atoms with E-state index in [4.69, 9.17) is 9.84 Å². The minimum atomic E-state index is -3.55. The van der Waals surface area contributed by atoms with Gasteiger partial charge in [0.25, 0.3) is 0 Å². The molecule has 0 aliphatic heterocycles. The fourth-order valence-electron chi connectivity index (χ4n) is 1.33. The standard InChI is InChI=1S/C13H15NO6S/c1-21(18,19)11(7-10-5-3-2-4-6-10)9-20-13(17)14-8-12(15)16/h2-7H,8-9H2,1H3,(H,14,17)(H,15,16)/b11-7-. The van der Waals surface area contributed by atoms with E-state index in [0.29, 0.717) is 5.56 Å². The maximum Gasteiger partial charge on any atom is 0.407 e. The van der Waals surface area contributed by atoms with Crippen molar-refractivity contribution in [1.82, 2.24) is 5.32 Å². The van der Waals surface area contributed by atoms with Gasteiger partial charge in [0.05, 0.1) is 4.91 Å². The number of benzene rings is 1. The molecule has 8 heteroatoms. The van der Waals surface area contributed by atoms with Crippen molar-refractivity contribution in [3.05, 3.63) is 40.8 Å². The van der Waals surface area contributed by atoms with E-state index in [1.54, 1.807) is 30.3 Å². The Hall–Kier alpha value is -2.35. The van der Waals surface area contributed by atoms with Gasteiger partial charge in [0.2, 0.25) is 0 Å². The summed E-state index contributed by atoms with van der Waals surface area (Å²) in [5, 5.41) is 10.4. The topological polar surface area (TPSA) is 110 Å². The lowest BCUT2D eigenvalue weighted by molar-refractivity contribution is -0.135. The SMILES string of the molecule is CS(=O)(=O)/C(=C\c1ccccc1)COC(=O)NCC(=O)O. The number of hydrogen-bond acceptors (Lipinski definition) is 5. The number of carbonyl (C=O) groups excluding carboxylic acids is 1. The Kier molecular flexibility index (Phi) is 5.92. The third-order valence-electron chi connectivity index (χ3n) is 2.33. The molecule has 114 valence electrons. The maximum atomic E-state index is 11.6. The fourth-order valence-corrected chi connectivity index (χ4v) is 1.95. The molecule has 21 heavy (non-hydrogen) atoms. The zero-order chi connectivity index (χ0) is 15.9. The first kappa shape index (κ1) is 16.7. The van der Waals surface area contributed by atoms with Crippen LogP contribution in [0.5, 0.6) is 0 Å². The molecule has 1 aromatic carbocycles. The van der Waals surface area contributed by atoms with E-state index >= 15 is 0 Å². The predicted octanol–water partition coefficient (Wildman–Crippen LogP) is 0.883. The summed E-state index contributed by atoms with van der Waals surface area (Å²) in [6.45, 7) is -1.07. The highest BCUT2D eigenvalue weighted by molar-refractivity contribution is 7.94. The number of hydrogen-bond donors (Lipinski definition) is 2. The van der Waals surface area contributed by atoms with Gasteiger partial charge in [-0.15, -0.1) is 0 Å². The monoisotopic (exact) mass is 313 g/mol. The molecular formula is C13H15NO6S. The lowest BCUT2D eigenvalue weighted by Gasteiger charge is -2.08. The molecule has 0 saturated heterocycles. The Labute approximate surface area is 122 Å². The molecule has 0 aliphatic carbocycles. The maximum absolute atomic E-state index is 11.6. The summed E-state index contributed by atoms with van der Waals surface area (Å²) < 4.78 is 28.0. The van der Waals surface area contributed by atoms with Crippen LogP contribution in [0.1, 0.15) is 5.56 Å². The van der Waals surface area contributed by atoms with Gasteiger partial charge in [-0.1, -0.05) is 30.3 Å². The van der Waals surface area contributed by atoms with E-state index in [9.17, 15) is 18.0 Å². The first-order chi connectivity index (χ1) is 9.79. The quantitative estimate of drug-likeness (QED) is 0.807. The number of alkyl carbamates (subject to hydrolysis) is 1. The third-order valence-corrected chi connectivity index (χ3v) is 3.52. The second-order valence-electron chi connectivity index (χ2n) is 4.12. The molecule has 0 aliphatic rings. The van der Waals surface area contributed by atoms with Gasteiger partial charge < -0.3 is 15.2 Å². The molecule has 0 atom stereocenters. The molecule has 0 bridgehead atoms. The highest BCUT2D eigenvalue weighted by Gasteiger charge is 2.14. The van der Waals surface area contributed by atoms with E-state index in [1.807, 2.05) is 5.32 Å². The summed E-state index contributed by atoms with van der Waals surface area (Å²) in [4.78, 5) is 21.4. The number of aliphatic carboxylic acids is 1. The van der Waals surface area contributed by atoms with Gasteiger partial charge in [-0.3, -0.25) is 4.79 Å². The number of carboxylic acids is 1. The van der Waals surface area contributed by atoms with Crippen molar-refractivity contribution in [1.29, 1.82) is 0 Å². The molecule has 7 nitrogen and oxygen atoms in total. The zero-order valence-corrected chi connectivity index (χ0v) is 12.1. The molecule has 1 aromatic rings. The van der Waals surface area contributed by atoms with Crippen molar-refractivity contribution in [3.8, 4) is 0 Å². The number of carbonyl (C=O) groups is 2. The number of nitrogens with one attached hydrogen (secondary N) is 1. The number of rotatable bonds is 6. The Morgan fingerprint density at radius 2 is 1.90 bits per heavy atom. The van der Waals surface area contributed by atoms with Crippen LogP contribution in [-0.4, -0.2) is 45.0 Å². The molecule has 1 rings (SSSR count). The van der Waals surface area contributed by atoms with E-state index in [2.05, 4.69) is 0 Å². The molecule has 0 heterocycles. The van der Waals surface area contributed by atoms with E-state index in [-0.39, 0.29) is 4.91 Å². The Balaban J connectivity index is 2.75. The molecule has 2 N–H and O–H groups in total. The summed E-state index contributed by atoms with van der Waals surface area (Å²) in [7, 11) is -3.55. The Morgan fingerprint density at radius 3 is 2.43 bits per heavy atom.